The lowest BCUT2D eigenvalue weighted by Crippen LogP contribution is -2.09. The van der Waals surface area contributed by atoms with E-state index in [1.54, 1.807) is 37.8 Å². The molecule has 4 aromatic rings. The minimum absolute atomic E-state index is 0.0709. The van der Waals surface area contributed by atoms with Gasteiger partial charge in [-0.2, -0.15) is 10.2 Å². The topological polar surface area (TPSA) is 122 Å². The first-order valence-corrected chi connectivity index (χ1v) is 14.4. The largest absolute Gasteiger partial charge is 0.466 e. The summed E-state index contributed by atoms with van der Waals surface area (Å²) >= 11 is 0. The van der Waals surface area contributed by atoms with Crippen LogP contribution in [0.15, 0.2) is 73.1 Å². The zero-order valence-electron chi connectivity index (χ0n) is 25.5. The zero-order chi connectivity index (χ0) is 31.6. The van der Waals surface area contributed by atoms with Gasteiger partial charge in [-0.3, -0.25) is 14.4 Å². The maximum absolute atomic E-state index is 11.8. The molecule has 10 nitrogen and oxygen atoms in total. The Bertz CT molecular complexity index is 1440. The van der Waals surface area contributed by atoms with E-state index in [0.29, 0.717) is 30.8 Å². The van der Waals surface area contributed by atoms with Crippen molar-refractivity contribution in [1.29, 1.82) is 0 Å². The highest BCUT2D eigenvalue weighted by molar-refractivity contribution is 5.95. The number of nitrogens with zero attached hydrogens (tertiary/aromatic N) is 4. The van der Waals surface area contributed by atoms with E-state index in [0.717, 1.165) is 41.9 Å². The first-order valence-electron chi connectivity index (χ1n) is 14.4. The van der Waals surface area contributed by atoms with Crippen LogP contribution >= 0.6 is 0 Å². The monoisotopic (exact) mass is 588 g/mol. The van der Waals surface area contributed by atoms with Gasteiger partial charge in [0.1, 0.15) is 17.8 Å². The third kappa shape index (κ3) is 10.2. The van der Waals surface area contributed by atoms with E-state index in [9.17, 15) is 19.2 Å². The van der Waals surface area contributed by atoms with Gasteiger partial charge >= 0.3 is 11.9 Å². The number of aldehydes is 1. The molecular weight excluding hydrogens is 548 g/mol. The Balaban J connectivity index is 0.000000235. The van der Waals surface area contributed by atoms with Crippen molar-refractivity contribution in [2.24, 2.45) is 0 Å². The molecular formula is C33H40N4O6. The van der Waals surface area contributed by atoms with E-state index in [4.69, 9.17) is 4.74 Å². The van der Waals surface area contributed by atoms with Gasteiger partial charge < -0.3 is 9.47 Å². The van der Waals surface area contributed by atoms with Crippen molar-refractivity contribution < 1.29 is 28.7 Å². The molecule has 2 heterocycles. The maximum Gasteiger partial charge on any atom is 0.341 e. The van der Waals surface area contributed by atoms with Crippen molar-refractivity contribution in [3.63, 3.8) is 0 Å². The summed E-state index contributed by atoms with van der Waals surface area (Å²) in [5, 5.41) is 8.49. The summed E-state index contributed by atoms with van der Waals surface area (Å²) in [5.74, 6) is -0.802. The lowest BCUT2D eigenvalue weighted by molar-refractivity contribution is -0.145. The maximum atomic E-state index is 11.8. The Kier molecular flexibility index (Phi) is 14.8. The highest BCUT2D eigenvalue weighted by atomic mass is 16.5. The van der Waals surface area contributed by atoms with E-state index >= 15 is 0 Å². The molecule has 0 radical (unpaired) electrons. The Labute approximate surface area is 252 Å². The fourth-order valence-corrected chi connectivity index (χ4v) is 4.01. The number of carbonyl (C=O) groups excluding carboxylic acids is 4. The molecule has 0 spiro atoms. The summed E-state index contributed by atoms with van der Waals surface area (Å²) in [5.41, 5.74) is 4.98. The van der Waals surface area contributed by atoms with Gasteiger partial charge in [-0.1, -0.05) is 57.2 Å². The van der Waals surface area contributed by atoms with Gasteiger partial charge in [0.15, 0.2) is 6.29 Å². The second kappa shape index (κ2) is 18.5. The van der Waals surface area contributed by atoms with Crippen molar-refractivity contribution in [2.45, 2.75) is 60.3 Å². The van der Waals surface area contributed by atoms with Crippen LogP contribution in [-0.4, -0.2) is 56.8 Å². The van der Waals surface area contributed by atoms with Crippen LogP contribution in [0.2, 0.25) is 0 Å². The smallest absolute Gasteiger partial charge is 0.341 e. The van der Waals surface area contributed by atoms with Crippen molar-refractivity contribution in [1.82, 2.24) is 19.6 Å². The number of rotatable bonds is 11. The molecule has 0 fully saturated rings. The van der Waals surface area contributed by atoms with Crippen molar-refractivity contribution in [2.75, 3.05) is 13.2 Å². The predicted molar refractivity (Wildman–Crippen MR) is 164 cm³/mol. The fraction of sp³-hybridized carbons (Fsp3) is 0.333. The lowest BCUT2D eigenvalue weighted by atomic mass is 10.2. The predicted octanol–water partition coefficient (Wildman–Crippen LogP) is 5.78. The summed E-state index contributed by atoms with van der Waals surface area (Å²) in [6.07, 6.45) is 5.88. The molecule has 0 atom stereocenters. The van der Waals surface area contributed by atoms with Gasteiger partial charge in [0.05, 0.1) is 53.9 Å². The van der Waals surface area contributed by atoms with Crippen LogP contribution < -0.4 is 0 Å². The third-order valence-electron chi connectivity index (χ3n) is 6.10. The number of hydrogen-bond acceptors (Lipinski definition) is 8. The van der Waals surface area contributed by atoms with Gasteiger partial charge in [-0.15, -0.1) is 0 Å². The SMILES string of the molecule is CCOC(=O)CC(=O)CC.CCOC(=O)c1cnn(-c2ccccc2)c1CC.CCc1c(C=O)cnn1-c1ccccc1. The van der Waals surface area contributed by atoms with Crippen LogP contribution in [-0.2, 0) is 31.9 Å². The van der Waals surface area contributed by atoms with Crippen LogP contribution in [0.4, 0.5) is 0 Å². The average molecular weight is 589 g/mol. The minimum atomic E-state index is -0.422. The number of esters is 2. The number of carbonyl (C=O) groups is 4. The molecule has 228 valence electrons. The molecule has 0 saturated heterocycles. The first-order chi connectivity index (χ1) is 20.8. The quantitative estimate of drug-likeness (QED) is 0.123. The normalized spacial score (nSPS) is 9.98. The Hall–Kier alpha value is -4.86. The number of Topliss-reactive ketones (excluding diaryl/α,β-unsaturated/α-hetero) is 1. The number of aromatic nitrogens is 4. The Morgan fingerprint density at radius 2 is 1.23 bits per heavy atom. The number of benzene rings is 2. The number of para-hydroxylation sites is 2. The molecule has 0 aliphatic carbocycles. The second-order valence-corrected chi connectivity index (χ2v) is 8.97. The van der Waals surface area contributed by atoms with E-state index in [-0.39, 0.29) is 18.2 Å². The molecule has 0 aliphatic rings. The van der Waals surface area contributed by atoms with Crippen LogP contribution in [0.3, 0.4) is 0 Å². The number of hydrogen-bond donors (Lipinski definition) is 0. The molecule has 0 unspecified atom stereocenters. The summed E-state index contributed by atoms with van der Waals surface area (Å²) in [6.45, 7) is 9.97. The molecule has 0 N–H and O–H groups in total. The van der Waals surface area contributed by atoms with Gasteiger partial charge in [0.25, 0.3) is 0 Å². The molecule has 2 aromatic heterocycles. The van der Waals surface area contributed by atoms with Gasteiger partial charge in [0.2, 0.25) is 0 Å². The number of ether oxygens (including phenoxy) is 2. The van der Waals surface area contributed by atoms with Gasteiger partial charge in [0, 0.05) is 6.42 Å². The molecule has 0 bridgehead atoms. The summed E-state index contributed by atoms with van der Waals surface area (Å²) < 4.78 is 13.2. The van der Waals surface area contributed by atoms with Crippen molar-refractivity contribution >= 4 is 24.0 Å². The van der Waals surface area contributed by atoms with E-state index in [1.165, 1.54) is 0 Å². The molecule has 4 rings (SSSR count). The summed E-state index contributed by atoms with van der Waals surface area (Å²) in [4.78, 5) is 43.7. The Morgan fingerprint density at radius 3 is 1.70 bits per heavy atom. The van der Waals surface area contributed by atoms with E-state index < -0.39 is 5.97 Å². The van der Waals surface area contributed by atoms with E-state index in [2.05, 4.69) is 14.9 Å². The third-order valence-corrected chi connectivity index (χ3v) is 6.10. The highest BCUT2D eigenvalue weighted by Gasteiger charge is 2.17. The van der Waals surface area contributed by atoms with Crippen molar-refractivity contribution in [3.8, 4) is 11.4 Å². The van der Waals surface area contributed by atoms with E-state index in [1.807, 2.05) is 79.2 Å². The fourth-order valence-electron chi connectivity index (χ4n) is 4.01. The molecule has 0 aliphatic heterocycles. The lowest BCUT2D eigenvalue weighted by Gasteiger charge is -2.07. The molecule has 2 aromatic carbocycles. The van der Waals surface area contributed by atoms with Crippen LogP contribution in [0, 0.1) is 0 Å². The second-order valence-electron chi connectivity index (χ2n) is 8.97. The van der Waals surface area contributed by atoms with Gasteiger partial charge in [-0.05, 0) is 51.0 Å². The van der Waals surface area contributed by atoms with Gasteiger partial charge in [-0.25, -0.2) is 14.2 Å². The molecule has 0 amide bonds. The van der Waals surface area contributed by atoms with Crippen LogP contribution in [0.1, 0.15) is 79.6 Å². The molecule has 43 heavy (non-hydrogen) atoms. The molecule has 10 heteroatoms. The average Bonchev–Trinajstić information content (AvgIpc) is 3.67. The standard InChI is InChI=1S/C14H16N2O2.C12H12N2O.C7H12O3/c1-3-13-12(14(17)18-4-2)10-15-16(13)11-8-6-5-7-9-11;1-2-12-10(9-15)8-13-14(12)11-6-4-3-5-7-11;1-3-6(8)5-7(9)10-4-2/h5-10H,3-4H2,1-2H3;3-9H,2H2,1H3;3-5H2,1-2H3. The van der Waals surface area contributed by atoms with Crippen molar-refractivity contribution in [3.05, 3.63) is 95.6 Å². The van der Waals surface area contributed by atoms with Crippen LogP contribution in [0.25, 0.3) is 11.4 Å². The summed E-state index contributed by atoms with van der Waals surface area (Å²) in [7, 11) is 0. The minimum Gasteiger partial charge on any atom is -0.466 e. The van der Waals surface area contributed by atoms with Crippen LogP contribution in [0.5, 0.6) is 0 Å². The summed E-state index contributed by atoms with van der Waals surface area (Å²) in [6, 6.07) is 19.6. The number of ketones is 1. The molecule has 0 saturated carbocycles. The zero-order valence-corrected chi connectivity index (χ0v) is 25.5. The Morgan fingerprint density at radius 1 is 0.721 bits per heavy atom. The first kappa shape index (κ1) is 34.3. The highest BCUT2D eigenvalue weighted by Crippen LogP contribution is 2.17.